The van der Waals surface area contributed by atoms with Crippen molar-refractivity contribution in [2.45, 2.75) is 25.4 Å². The molecule has 2 unspecified atom stereocenters. The zero-order valence-electron chi connectivity index (χ0n) is 8.77. The fourth-order valence-electron chi connectivity index (χ4n) is 1.96. The summed E-state index contributed by atoms with van der Waals surface area (Å²) in [7, 11) is 2.17. The summed E-state index contributed by atoms with van der Waals surface area (Å²) in [6.45, 7) is 3.37. The Morgan fingerprint density at radius 1 is 1.50 bits per heavy atom. The summed E-state index contributed by atoms with van der Waals surface area (Å²) in [6, 6.07) is 7.19. The Hall–Kier alpha value is -1.09. The van der Waals surface area contributed by atoms with E-state index in [9.17, 15) is 0 Å². The minimum Gasteiger partial charge on any atom is -0.366 e. The molecule has 1 aromatic rings. The lowest BCUT2D eigenvalue weighted by Crippen LogP contribution is -2.25. The van der Waals surface area contributed by atoms with Crippen molar-refractivity contribution in [3.63, 3.8) is 0 Å². The lowest BCUT2D eigenvalue weighted by molar-refractivity contribution is 0.330. The van der Waals surface area contributed by atoms with Gasteiger partial charge in [-0.2, -0.15) is 0 Å². The van der Waals surface area contributed by atoms with Crippen LogP contribution in [0.3, 0.4) is 0 Å². The molecule has 0 radical (unpaired) electrons. The molecule has 14 heavy (non-hydrogen) atoms. The lowest BCUT2D eigenvalue weighted by Gasteiger charge is -2.13. The maximum Gasteiger partial charge on any atom is 0.126 e. The molecule has 3 heteroatoms. The third-order valence-corrected chi connectivity index (χ3v) is 2.90. The topological polar surface area (TPSA) is 28.2 Å². The third-order valence-electron chi connectivity index (χ3n) is 2.90. The second-order valence-corrected chi connectivity index (χ2v) is 4.08. The zero-order chi connectivity index (χ0) is 9.97. The van der Waals surface area contributed by atoms with Crippen LogP contribution in [0.4, 0.5) is 5.82 Å². The van der Waals surface area contributed by atoms with E-state index < -0.39 is 0 Å². The van der Waals surface area contributed by atoms with Gasteiger partial charge in [-0.3, -0.25) is 0 Å². The Kier molecular flexibility index (Phi) is 2.68. The highest BCUT2D eigenvalue weighted by atomic mass is 15.2. The molecule has 1 N–H and O–H groups in total. The molecule has 0 aromatic carbocycles. The van der Waals surface area contributed by atoms with Gasteiger partial charge in [0.1, 0.15) is 5.82 Å². The molecule has 2 rings (SSSR count). The van der Waals surface area contributed by atoms with E-state index in [4.69, 9.17) is 0 Å². The number of likely N-dealkylation sites (tertiary alicyclic amines) is 1. The van der Waals surface area contributed by atoms with Crippen molar-refractivity contribution >= 4 is 5.82 Å². The SMILES string of the molecule is CC1CC(Nc2ccccn2)CN1C. The van der Waals surface area contributed by atoms with E-state index in [0.29, 0.717) is 12.1 Å². The summed E-state index contributed by atoms with van der Waals surface area (Å²) in [5.41, 5.74) is 0. The number of rotatable bonds is 2. The average Bonchev–Trinajstić information content (AvgIpc) is 2.47. The van der Waals surface area contributed by atoms with E-state index in [1.54, 1.807) is 0 Å². The van der Waals surface area contributed by atoms with E-state index in [1.807, 2.05) is 24.4 Å². The van der Waals surface area contributed by atoms with Gasteiger partial charge >= 0.3 is 0 Å². The van der Waals surface area contributed by atoms with Gasteiger partial charge in [-0.1, -0.05) is 6.07 Å². The molecule has 3 nitrogen and oxygen atoms in total. The summed E-state index contributed by atoms with van der Waals surface area (Å²) in [5, 5.41) is 3.45. The second-order valence-electron chi connectivity index (χ2n) is 4.08. The first-order valence-electron chi connectivity index (χ1n) is 5.13. The number of likely N-dealkylation sites (N-methyl/N-ethyl adjacent to an activating group) is 1. The Bertz CT molecular complexity index is 276. The molecule has 0 aliphatic carbocycles. The third kappa shape index (κ3) is 2.04. The summed E-state index contributed by atoms with van der Waals surface area (Å²) < 4.78 is 0. The van der Waals surface area contributed by atoms with Crippen molar-refractivity contribution in [3.05, 3.63) is 24.4 Å². The molecule has 0 spiro atoms. The van der Waals surface area contributed by atoms with Crippen LogP contribution in [0.1, 0.15) is 13.3 Å². The van der Waals surface area contributed by atoms with E-state index in [0.717, 1.165) is 12.4 Å². The van der Waals surface area contributed by atoms with Gasteiger partial charge in [-0.25, -0.2) is 4.98 Å². The summed E-state index contributed by atoms with van der Waals surface area (Å²) in [4.78, 5) is 6.64. The van der Waals surface area contributed by atoms with Gasteiger partial charge in [0.25, 0.3) is 0 Å². The van der Waals surface area contributed by atoms with Crippen LogP contribution < -0.4 is 5.32 Å². The van der Waals surface area contributed by atoms with Crippen molar-refractivity contribution in [2.24, 2.45) is 0 Å². The maximum absolute atomic E-state index is 4.26. The fraction of sp³-hybridized carbons (Fsp3) is 0.545. The Balaban J connectivity index is 1.94. The normalized spacial score (nSPS) is 27.9. The Labute approximate surface area is 85.1 Å². The second kappa shape index (κ2) is 3.96. The van der Waals surface area contributed by atoms with Crippen molar-refractivity contribution in [1.29, 1.82) is 0 Å². The highest BCUT2D eigenvalue weighted by Crippen LogP contribution is 2.17. The molecule has 76 valence electrons. The predicted molar refractivity (Wildman–Crippen MR) is 58.4 cm³/mol. The molecule has 0 amide bonds. The van der Waals surface area contributed by atoms with Crippen LogP contribution in [-0.4, -0.2) is 35.6 Å². The van der Waals surface area contributed by atoms with Gasteiger partial charge in [0.2, 0.25) is 0 Å². The van der Waals surface area contributed by atoms with Crippen LogP contribution in [0.25, 0.3) is 0 Å². The van der Waals surface area contributed by atoms with Crippen LogP contribution in [0.5, 0.6) is 0 Å². The Morgan fingerprint density at radius 2 is 2.36 bits per heavy atom. The van der Waals surface area contributed by atoms with Crippen molar-refractivity contribution in [3.8, 4) is 0 Å². The lowest BCUT2D eigenvalue weighted by atomic mass is 10.2. The largest absolute Gasteiger partial charge is 0.366 e. The van der Waals surface area contributed by atoms with Gasteiger partial charge in [-0.05, 0) is 32.5 Å². The van der Waals surface area contributed by atoms with Gasteiger partial charge in [0.15, 0.2) is 0 Å². The molecule has 1 aliphatic heterocycles. The molecule has 1 aliphatic rings. The minimum atomic E-state index is 0.546. The van der Waals surface area contributed by atoms with E-state index in [1.165, 1.54) is 6.42 Å². The van der Waals surface area contributed by atoms with Crippen molar-refractivity contribution in [1.82, 2.24) is 9.88 Å². The monoisotopic (exact) mass is 191 g/mol. The van der Waals surface area contributed by atoms with Crippen LogP contribution >= 0.6 is 0 Å². The molecule has 1 aromatic heterocycles. The van der Waals surface area contributed by atoms with Crippen molar-refractivity contribution < 1.29 is 0 Å². The molecular formula is C11H17N3. The highest BCUT2D eigenvalue weighted by molar-refractivity contribution is 5.35. The van der Waals surface area contributed by atoms with E-state index >= 15 is 0 Å². The molecule has 1 saturated heterocycles. The first kappa shape index (κ1) is 9.46. The number of nitrogens with one attached hydrogen (secondary N) is 1. The first-order chi connectivity index (χ1) is 6.75. The fourth-order valence-corrected chi connectivity index (χ4v) is 1.96. The molecule has 0 bridgehead atoms. The number of nitrogens with zero attached hydrogens (tertiary/aromatic N) is 2. The number of pyridine rings is 1. The van der Waals surface area contributed by atoms with Crippen LogP contribution in [0, 0.1) is 0 Å². The summed E-state index contributed by atoms with van der Waals surface area (Å²) >= 11 is 0. The smallest absolute Gasteiger partial charge is 0.126 e. The minimum absolute atomic E-state index is 0.546. The predicted octanol–water partition coefficient (Wildman–Crippen LogP) is 1.59. The maximum atomic E-state index is 4.26. The number of hydrogen-bond donors (Lipinski definition) is 1. The zero-order valence-corrected chi connectivity index (χ0v) is 8.77. The molecular weight excluding hydrogens is 174 g/mol. The Morgan fingerprint density at radius 3 is 2.93 bits per heavy atom. The first-order valence-corrected chi connectivity index (χ1v) is 5.13. The number of aromatic nitrogens is 1. The van der Waals surface area contributed by atoms with E-state index in [2.05, 4.69) is 29.2 Å². The van der Waals surface area contributed by atoms with Gasteiger partial charge < -0.3 is 10.2 Å². The highest BCUT2D eigenvalue weighted by Gasteiger charge is 2.25. The average molecular weight is 191 g/mol. The van der Waals surface area contributed by atoms with Crippen molar-refractivity contribution in [2.75, 3.05) is 18.9 Å². The van der Waals surface area contributed by atoms with Gasteiger partial charge in [0.05, 0.1) is 0 Å². The molecule has 1 fully saturated rings. The number of anilines is 1. The van der Waals surface area contributed by atoms with Crippen LogP contribution in [0.15, 0.2) is 24.4 Å². The molecule has 2 heterocycles. The molecule has 0 saturated carbocycles. The molecule has 2 atom stereocenters. The summed E-state index contributed by atoms with van der Waals surface area (Å²) in [6.07, 6.45) is 3.03. The standard InChI is InChI=1S/C11H17N3/c1-9-7-10(8-14(9)2)13-11-5-3-4-6-12-11/h3-6,9-10H,7-8H2,1-2H3,(H,12,13). The van der Waals surface area contributed by atoms with Gasteiger partial charge in [0, 0.05) is 24.8 Å². The van der Waals surface area contributed by atoms with E-state index in [-0.39, 0.29) is 0 Å². The number of hydrogen-bond acceptors (Lipinski definition) is 3. The van der Waals surface area contributed by atoms with Crippen LogP contribution in [-0.2, 0) is 0 Å². The summed E-state index contributed by atoms with van der Waals surface area (Å²) in [5.74, 6) is 0.986. The quantitative estimate of drug-likeness (QED) is 0.769. The van der Waals surface area contributed by atoms with Gasteiger partial charge in [-0.15, -0.1) is 0 Å². The van der Waals surface area contributed by atoms with Crippen LogP contribution in [0.2, 0.25) is 0 Å².